The lowest BCUT2D eigenvalue weighted by atomic mass is 10.2. The van der Waals surface area contributed by atoms with E-state index in [1.807, 2.05) is 0 Å². The fourth-order valence-corrected chi connectivity index (χ4v) is 2.80. The maximum atomic E-state index is 12.5. The molecule has 2 heterocycles. The lowest BCUT2D eigenvalue weighted by Crippen LogP contribution is -2.49. The summed E-state index contributed by atoms with van der Waals surface area (Å²) in [6, 6.07) is 0.280. The molecule has 1 fully saturated rings. The third kappa shape index (κ3) is 4.07. The van der Waals surface area contributed by atoms with E-state index in [0.29, 0.717) is 23.0 Å². The molecule has 2 rings (SSSR count). The lowest BCUT2D eigenvalue weighted by molar-refractivity contribution is -0.134. The van der Waals surface area contributed by atoms with Crippen LogP contribution in [0.2, 0.25) is 0 Å². The van der Waals surface area contributed by atoms with E-state index in [9.17, 15) is 13.2 Å². The predicted molar refractivity (Wildman–Crippen MR) is 74.1 cm³/mol. The van der Waals surface area contributed by atoms with Crippen molar-refractivity contribution in [2.45, 2.75) is 19.1 Å². The van der Waals surface area contributed by atoms with Gasteiger partial charge in [-0.2, -0.15) is 13.2 Å². The Morgan fingerprint density at radius 1 is 1.35 bits per heavy atom. The summed E-state index contributed by atoms with van der Waals surface area (Å²) in [5, 5.41) is 3.33. The normalized spacial score (nSPS) is 20.1. The van der Waals surface area contributed by atoms with Gasteiger partial charge >= 0.3 is 6.18 Å². The molecule has 0 saturated carbocycles. The van der Waals surface area contributed by atoms with Crippen molar-refractivity contribution in [1.29, 1.82) is 0 Å². The molecule has 0 amide bonds. The molecule has 1 aromatic heterocycles. The summed E-state index contributed by atoms with van der Waals surface area (Å²) in [6.07, 6.45) is -3.42. The second-order valence-electron chi connectivity index (χ2n) is 5.10. The van der Waals surface area contributed by atoms with E-state index in [2.05, 4.69) is 34.1 Å². The number of piperazine rings is 1. The lowest BCUT2D eigenvalue weighted by Gasteiger charge is -2.36. The van der Waals surface area contributed by atoms with E-state index in [1.165, 1.54) is 0 Å². The molecule has 4 nitrogen and oxygen atoms in total. The summed E-state index contributed by atoms with van der Waals surface area (Å²) in [5.74, 6) is 0. The molecular weight excluding hydrogens is 289 g/mol. The molecule has 1 aliphatic heterocycles. The van der Waals surface area contributed by atoms with Gasteiger partial charge in [0.2, 0.25) is 0 Å². The Balaban J connectivity index is 1.81. The van der Waals surface area contributed by atoms with Crippen LogP contribution in [0.3, 0.4) is 0 Å². The first-order chi connectivity index (χ1) is 9.36. The third-order valence-electron chi connectivity index (χ3n) is 3.49. The summed E-state index contributed by atoms with van der Waals surface area (Å²) < 4.78 is 37.4. The summed E-state index contributed by atoms with van der Waals surface area (Å²) in [7, 11) is 2.09. The highest BCUT2D eigenvalue weighted by molar-refractivity contribution is 7.15. The number of hydrogen-bond donors (Lipinski definition) is 1. The van der Waals surface area contributed by atoms with Crippen molar-refractivity contribution in [1.82, 2.24) is 14.8 Å². The smallest absolute Gasteiger partial charge is 0.360 e. The zero-order valence-electron chi connectivity index (χ0n) is 11.6. The Hall–Kier alpha value is -0.860. The van der Waals surface area contributed by atoms with Crippen LogP contribution in [0.4, 0.5) is 18.3 Å². The molecule has 1 atom stereocenters. The minimum atomic E-state index is -4.30. The minimum absolute atomic E-state index is 0.280. The molecule has 8 heteroatoms. The average Bonchev–Trinajstić information content (AvgIpc) is 2.85. The molecule has 1 aliphatic rings. The van der Waals surface area contributed by atoms with Crippen LogP contribution in [0.25, 0.3) is 0 Å². The summed E-state index contributed by atoms with van der Waals surface area (Å²) >= 11 is 0.655. The molecule has 1 saturated heterocycles. The molecule has 0 bridgehead atoms. The fraction of sp³-hybridized carbons (Fsp3) is 0.750. The molecule has 1 N–H and O–H groups in total. The van der Waals surface area contributed by atoms with Gasteiger partial charge in [0.25, 0.3) is 0 Å². The summed E-state index contributed by atoms with van der Waals surface area (Å²) in [4.78, 5) is 7.72. The molecule has 114 valence electrons. The van der Waals surface area contributed by atoms with Crippen LogP contribution in [-0.2, 0) is 6.18 Å². The van der Waals surface area contributed by atoms with Gasteiger partial charge in [0.15, 0.2) is 5.13 Å². The third-order valence-corrected chi connectivity index (χ3v) is 4.49. The van der Waals surface area contributed by atoms with Crippen LogP contribution in [0.5, 0.6) is 0 Å². The van der Waals surface area contributed by atoms with Crippen molar-refractivity contribution >= 4 is 16.5 Å². The second kappa shape index (κ2) is 6.28. The van der Waals surface area contributed by atoms with Gasteiger partial charge in [0.1, 0.15) is 4.88 Å². The number of nitrogens with one attached hydrogen (secondary N) is 1. The van der Waals surface area contributed by atoms with Crippen molar-refractivity contribution in [3.63, 3.8) is 0 Å². The van der Waals surface area contributed by atoms with E-state index in [1.54, 1.807) is 0 Å². The number of hydrogen-bond acceptors (Lipinski definition) is 5. The molecule has 0 radical (unpaired) electrons. The number of thiazole rings is 1. The van der Waals surface area contributed by atoms with Crippen molar-refractivity contribution in [3.8, 4) is 0 Å². The van der Waals surface area contributed by atoms with E-state index < -0.39 is 11.1 Å². The minimum Gasteiger partial charge on any atom is -0.360 e. The van der Waals surface area contributed by atoms with E-state index in [4.69, 9.17) is 0 Å². The van der Waals surface area contributed by atoms with Crippen LogP contribution in [0.1, 0.15) is 11.8 Å². The number of rotatable bonds is 4. The van der Waals surface area contributed by atoms with Gasteiger partial charge in [-0.05, 0) is 14.0 Å². The first-order valence-corrected chi connectivity index (χ1v) is 7.37. The molecule has 1 unspecified atom stereocenters. The van der Waals surface area contributed by atoms with Crippen molar-refractivity contribution in [3.05, 3.63) is 11.1 Å². The van der Waals surface area contributed by atoms with Gasteiger partial charge in [-0.3, -0.25) is 4.90 Å². The highest BCUT2D eigenvalue weighted by atomic mass is 32.1. The Bertz CT molecular complexity index is 427. The van der Waals surface area contributed by atoms with Gasteiger partial charge in [-0.25, -0.2) is 4.98 Å². The van der Waals surface area contributed by atoms with E-state index >= 15 is 0 Å². The molecule has 20 heavy (non-hydrogen) atoms. The largest absolute Gasteiger partial charge is 0.427 e. The molecule has 0 spiro atoms. The maximum Gasteiger partial charge on any atom is 0.427 e. The topological polar surface area (TPSA) is 31.4 Å². The molecular formula is C12H19F3N4S. The van der Waals surface area contributed by atoms with E-state index in [0.717, 1.165) is 32.4 Å². The fourth-order valence-electron chi connectivity index (χ4n) is 2.11. The van der Waals surface area contributed by atoms with E-state index in [-0.39, 0.29) is 6.04 Å². The van der Waals surface area contributed by atoms with Crippen LogP contribution >= 0.6 is 11.3 Å². The Labute approximate surface area is 120 Å². The predicted octanol–water partition coefficient (Wildman–Crippen LogP) is 2.21. The number of alkyl halides is 3. The first kappa shape index (κ1) is 15.5. The highest BCUT2D eigenvalue weighted by Gasteiger charge is 2.33. The maximum absolute atomic E-state index is 12.5. The summed E-state index contributed by atoms with van der Waals surface area (Å²) in [5.41, 5.74) is 0. The van der Waals surface area contributed by atoms with Crippen LogP contribution in [0, 0.1) is 0 Å². The van der Waals surface area contributed by atoms with Crippen LogP contribution < -0.4 is 5.32 Å². The number of halogens is 3. The summed E-state index contributed by atoms with van der Waals surface area (Å²) in [6.45, 7) is 6.72. The Morgan fingerprint density at radius 2 is 2.00 bits per heavy atom. The van der Waals surface area contributed by atoms with Crippen LogP contribution in [-0.4, -0.2) is 60.6 Å². The Kier molecular flexibility index (Phi) is 4.87. The first-order valence-electron chi connectivity index (χ1n) is 6.56. The number of nitrogens with zero attached hydrogens (tertiary/aromatic N) is 3. The van der Waals surface area contributed by atoms with Gasteiger partial charge in [-0.15, -0.1) is 0 Å². The highest BCUT2D eigenvalue weighted by Crippen LogP contribution is 2.34. The molecule has 0 aromatic carbocycles. The second-order valence-corrected chi connectivity index (χ2v) is 6.13. The Morgan fingerprint density at radius 3 is 2.55 bits per heavy atom. The zero-order chi connectivity index (χ0) is 14.8. The quantitative estimate of drug-likeness (QED) is 0.924. The van der Waals surface area contributed by atoms with Gasteiger partial charge < -0.3 is 10.2 Å². The standard InChI is InChI=1S/C12H19F3N4S/c1-9(19-5-3-18(2)4-6-19)7-16-11-17-8-10(20-11)12(13,14)15/h8-9H,3-7H2,1-2H3,(H,16,17). The van der Waals surface area contributed by atoms with Crippen molar-refractivity contribution < 1.29 is 13.2 Å². The van der Waals surface area contributed by atoms with Crippen LogP contribution in [0.15, 0.2) is 6.20 Å². The molecule has 0 aliphatic carbocycles. The van der Waals surface area contributed by atoms with Crippen molar-refractivity contribution in [2.75, 3.05) is 45.1 Å². The van der Waals surface area contributed by atoms with Gasteiger partial charge in [0, 0.05) is 38.8 Å². The average molecular weight is 308 g/mol. The monoisotopic (exact) mass is 308 g/mol. The van der Waals surface area contributed by atoms with Crippen molar-refractivity contribution in [2.24, 2.45) is 0 Å². The number of anilines is 1. The molecule has 1 aromatic rings. The number of likely N-dealkylation sites (N-methyl/N-ethyl adjacent to an activating group) is 1. The zero-order valence-corrected chi connectivity index (χ0v) is 12.4. The van der Waals surface area contributed by atoms with Gasteiger partial charge in [-0.1, -0.05) is 11.3 Å². The number of aromatic nitrogens is 1. The SMILES string of the molecule is CC(CNc1ncc(C(F)(F)F)s1)N1CCN(C)CC1. The van der Waals surface area contributed by atoms with Gasteiger partial charge in [0.05, 0.1) is 6.20 Å².